The summed E-state index contributed by atoms with van der Waals surface area (Å²) in [6.45, 7) is 5.59. The summed E-state index contributed by atoms with van der Waals surface area (Å²) in [4.78, 5) is 7.79. The third kappa shape index (κ3) is 4.74. The molecule has 1 aromatic rings. The van der Waals surface area contributed by atoms with E-state index in [2.05, 4.69) is 15.3 Å². The van der Waals surface area contributed by atoms with E-state index in [4.69, 9.17) is 21.1 Å². The number of hydrogen-bond donors (Lipinski definition) is 1. The first kappa shape index (κ1) is 13.2. The summed E-state index contributed by atoms with van der Waals surface area (Å²) >= 11 is 5.66. The summed E-state index contributed by atoms with van der Waals surface area (Å²) in [5, 5.41) is 3.29. The van der Waals surface area contributed by atoms with Crippen molar-refractivity contribution in [2.75, 3.05) is 25.1 Å². The molecule has 0 aliphatic carbocycles. The second-order valence-electron chi connectivity index (χ2n) is 2.93. The molecule has 0 bridgehead atoms. The third-order valence-electron chi connectivity index (χ3n) is 1.78. The number of anilines is 1. The Morgan fingerprint density at radius 3 is 2.62 bits per heavy atom. The first-order chi connectivity index (χ1) is 7.76. The van der Waals surface area contributed by atoms with Gasteiger partial charge in [0, 0.05) is 19.4 Å². The topological polar surface area (TPSA) is 56.3 Å². The molecule has 5 nitrogen and oxygen atoms in total. The Labute approximate surface area is 100 Å². The van der Waals surface area contributed by atoms with Crippen LogP contribution in [0.5, 0.6) is 0 Å². The van der Waals surface area contributed by atoms with E-state index in [0.29, 0.717) is 25.6 Å². The van der Waals surface area contributed by atoms with Crippen LogP contribution in [0.25, 0.3) is 0 Å². The summed E-state index contributed by atoms with van der Waals surface area (Å²) in [5.41, 5.74) is 0. The van der Waals surface area contributed by atoms with Gasteiger partial charge in [0.15, 0.2) is 6.29 Å². The molecule has 1 rings (SSSR count). The van der Waals surface area contributed by atoms with Crippen LogP contribution in [0.15, 0.2) is 12.3 Å². The van der Waals surface area contributed by atoms with Crippen LogP contribution in [-0.4, -0.2) is 36.0 Å². The molecule has 0 amide bonds. The lowest BCUT2D eigenvalue weighted by Gasteiger charge is -2.17. The number of aromatic nitrogens is 2. The fourth-order valence-corrected chi connectivity index (χ4v) is 1.31. The first-order valence-electron chi connectivity index (χ1n) is 5.21. The second-order valence-corrected chi connectivity index (χ2v) is 3.27. The van der Waals surface area contributed by atoms with Crippen LogP contribution in [0.2, 0.25) is 5.28 Å². The molecule has 0 spiro atoms. The molecule has 0 fully saturated rings. The van der Waals surface area contributed by atoms with Gasteiger partial charge in [-0.2, -0.15) is 0 Å². The summed E-state index contributed by atoms with van der Waals surface area (Å²) in [6.07, 6.45) is 1.32. The van der Waals surface area contributed by atoms with Crippen molar-refractivity contribution in [3.05, 3.63) is 17.5 Å². The molecule has 16 heavy (non-hydrogen) atoms. The van der Waals surface area contributed by atoms with Gasteiger partial charge in [-0.05, 0) is 31.5 Å². The Morgan fingerprint density at radius 2 is 2.06 bits per heavy atom. The van der Waals surface area contributed by atoms with Crippen molar-refractivity contribution in [3.63, 3.8) is 0 Å². The average Bonchev–Trinajstić information content (AvgIpc) is 2.27. The first-order valence-corrected chi connectivity index (χ1v) is 5.59. The third-order valence-corrected chi connectivity index (χ3v) is 1.96. The van der Waals surface area contributed by atoms with E-state index in [1.54, 1.807) is 12.3 Å². The molecule has 0 saturated carbocycles. The zero-order valence-electron chi connectivity index (χ0n) is 9.44. The molecule has 0 unspecified atom stereocenters. The van der Waals surface area contributed by atoms with Crippen molar-refractivity contribution in [2.45, 2.75) is 20.1 Å². The highest BCUT2D eigenvalue weighted by Gasteiger charge is 2.07. The van der Waals surface area contributed by atoms with Crippen molar-refractivity contribution in [1.29, 1.82) is 0 Å². The molecule has 6 heteroatoms. The maximum atomic E-state index is 5.66. The van der Waals surface area contributed by atoms with Crippen molar-refractivity contribution in [2.24, 2.45) is 0 Å². The summed E-state index contributed by atoms with van der Waals surface area (Å²) in [7, 11) is 0. The predicted molar refractivity (Wildman–Crippen MR) is 62.6 cm³/mol. The largest absolute Gasteiger partial charge is 0.365 e. The number of nitrogens with one attached hydrogen (secondary N) is 1. The maximum Gasteiger partial charge on any atom is 0.224 e. The van der Waals surface area contributed by atoms with Crippen molar-refractivity contribution >= 4 is 17.4 Å². The van der Waals surface area contributed by atoms with Crippen molar-refractivity contribution in [1.82, 2.24) is 9.97 Å². The van der Waals surface area contributed by atoms with E-state index in [-0.39, 0.29) is 11.6 Å². The minimum Gasteiger partial charge on any atom is -0.365 e. The van der Waals surface area contributed by atoms with Crippen LogP contribution in [0.1, 0.15) is 13.8 Å². The van der Waals surface area contributed by atoms with Gasteiger partial charge in [0.25, 0.3) is 0 Å². The number of hydrogen-bond acceptors (Lipinski definition) is 5. The summed E-state index contributed by atoms with van der Waals surface area (Å²) < 4.78 is 10.7. The van der Waals surface area contributed by atoms with Gasteiger partial charge in [-0.3, -0.25) is 0 Å². The van der Waals surface area contributed by atoms with Crippen LogP contribution < -0.4 is 5.32 Å². The van der Waals surface area contributed by atoms with Crippen LogP contribution in [0, 0.1) is 0 Å². The molecule has 0 aromatic carbocycles. The van der Waals surface area contributed by atoms with Gasteiger partial charge in [-0.1, -0.05) is 0 Å². The smallest absolute Gasteiger partial charge is 0.224 e. The fraction of sp³-hybridized carbons (Fsp3) is 0.600. The predicted octanol–water partition coefficient (Wildman–Crippen LogP) is 1.94. The highest BCUT2D eigenvalue weighted by atomic mass is 35.5. The Kier molecular flexibility index (Phi) is 6.07. The van der Waals surface area contributed by atoms with Gasteiger partial charge < -0.3 is 14.8 Å². The molecule has 0 aliphatic rings. The second kappa shape index (κ2) is 7.38. The van der Waals surface area contributed by atoms with Crippen LogP contribution in [-0.2, 0) is 9.47 Å². The average molecular weight is 246 g/mol. The Hall–Kier alpha value is -0.910. The summed E-state index contributed by atoms with van der Waals surface area (Å²) in [6, 6.07) is 1.74. The van der Waals surface area contributed by atoms with Crippen molar-refractivity contribution < 1.29 is 9.47 Å². The fourth-order valence-electron chi connectivity index (χ4n) is 1.16. The standard InChI is InChI=1S/C10H16ClN3O2/c1-3-15-9(16-4-2)7-13-8-5-6-12-10(11)14-8/h5-6,9H,3-4,7H2,1-2H3,(H,12,13,14). The quantitative estimate of drug-likeness (QED) is 0.588. The van der Waals surface area contributed by atoms with Gasteiger partial charge in [-0.25, -0.2) is 9.97 Å². The molecule has 0 aliphatic heterocycles. The van der Waals surface area contributed by atoms with E-state index < -0.39 is 0 Å². The highest BCUT2D eigenvalue weighted by molar-refractivity contribution is 6.28. The van der Waals surface area contributed by atoms with E-state index >= 15 is 0 Å². The van der Waals surface area contributed by atoms with Crippen LogP contribution >= 0.6 is 11.6 Å². The maximum absolute atomic E-state index is 5.66. The van der Waals surface area contributed by atoms with Crippen LogP contribution in [0.4, 0.5) is 5.82 Å². The molecular formula is C10H16ClN3O2. The van der Waals surface area contributed by atoms with E-state index in [9.17, 15) is 0 Å². The number of ether oxygens (including phenoxy) is 2. The molecule has 0 saturated heterocycles. The molecule has 0 radical (unpaired) electrons. The Morgan fingerprint density at radius 1 is 1.38 bits per heavy atom. The van der Waals surface area contributed by atoms with Gasteiger partial charge in [0.1, 0.15) is 5.82 Å². The Balaban J connectivity index is 2.41. The number of rotatable bonds is 7. The van der Waals surface area contributed by atoms with Gasteiger partial charge in [0.05, 0.1) is 6.54 Å². The summed E-state index contributed by atoms with van der Waals surface area (Å²) in [5.74, 6) is 0.657. The highest BCUT2D eigenvalue weighted by Crippen LogP contribution is 2.06. The van der Waals surface area contributed by atoms with Gasteiger partial charge >= 0.3 is 0 Å². The van der Waals surface area contributed by atoms with Gasteiger partial charge in [-0.15, -0.1) is 0 Å². The van der Waals surface area contributed by atoms with E-state index in [1.807, 2.05) is 13.8 Å². The molecule has 0 atom stereocenters. The Bertz CT molecular complexity index is 306. The lowest BCUT2D eigenvalue weighted by atomic mass is 10.5. The molecule has 90 valence electrons. The van der Waals surface area contributed by atoms with E-state index in [0.717, 1.165) is 0 Å². The minimum absolute atomic E-state index is 0.217. The zero-order valence-corrected chi connectivity index (χ0v) is 10.2. The van der Waals surface area contributed by atoms with Crippen LogP contribution in [0.3, 0.4) is 0 Å². The normalized spacial score (nSPS) is 10.8. The monoisotopic (exact) mass is 245 g/mol. The molecule has 1 N–H and O–H groups in total. The number of nitrogens with zero attached hydrogens (tertiary/aromatic N) is 2. The zero-order chi connectivity index (χ0) is 11.8. The van der Waals surface area contributed by atoms with Gasteiger partial charge in [0.2, 0.25) is 5.28 Å². The lowest BCUT2D eigenvalue weighted by Crippen LogP contribution is -2.26. The minimum atomic E-state index is -0.274. The molecule has 1 heterocycles. The van der Waals surface area contributed by atoms with E-state index in [1.165, 1.54) is 0 Å². The number of halogens is 1. The lowest BCUT2D eigenvalue weighted by molar-refractivity contribution is -0.126. The SMILES string of the molecule is CCOC(CNc1ccnc(Cl)n1)OCC. The molecular weight excluding hydrogens is 230 g/mol. The van der Waals surface area contributed by atoms with Crippen molar-refractivity contribution in [3.8, 4) is 0 Å². The molecule has 1 aromatic heterocycles.